The molecule has 0 saturated heterocycles. The Labute approximate surface area is 137 Å². The summed E-state index contributed by atoms with van der Waals surface area (Å²) in [5, 5.41) is 9.51. The summed E-state index contributed by atoms with van der Waals surface area (Å²) in [6.45, 7) is 0. The van der Waals surface area contributed by atoms with Gasteiger partial charge in [0.15, 0.2) is 0 Å². The zero-order chi connectivity index (χ0) is 16.9. The van der Waals surface area contributed by atoms with Gasteiger partial charge in [0.25, 0.3) is 0 Å². The molecule has 1 aromatic carbocycles. The van der Waals surface area contributed by atoms with Crippen LogP contribution in [-0.4, -0.2) is 28.2 Å². The summed E-state index contributed by atoms with van der Waals surface area (Å²) < 4.78 is 18.5. The second kappa shape index (κ2) is 6.91. The monoisotopic (exact) mass is 326 g/mol. The number of nitrogens with zero attached hydrogens (tertiary/aromatic N) is 2. The van der Waals surface area contributed by atoms with E-state index in [0.717, 1.165) is 0 Å². The van der Waals surface area contributed by atoms with E-state index >= 15 is 0 Å². The van der Waals surface area contributed by atoms with Crippen LogP contribution in [0.4, 0.5) is 10.1 Å². The highest BCUT2D eigenvalue weighted by Gasteiger charge is 2.14. The third-order valence-corrected chi connectivity index (χ3v) is 3.43. The summed E-state index contributed by atoms with van der Waals surface area (Å²) in [5.41, 5.74) is 2.25. The minimum absolute atomic E-state index is 0.0201. The standard InChI is InChI=1S/C17H15FN4O2/c1-24-15-6-5-12(18)8-11(15)9-16(23)21-14-10-20-22-17(14)13-4-2-3-7-19-13/h2-8,10H,9H2,1H3,(H,20,22)(H,21,23). The average molecular weight is 326 g/mol. The summed E-state index contributed by atoms with van der Waals surface area (Å²) in [4.78, 5) is 16.5. The van der Waals surface area contributed by atoms with Gasteiger partial charge in [-0.1, -0.05) is 6.07 Å². The van der Waals surface area contributed by atoms with E-state index in [1.54, 1.807) is 18.3 Å². The van der Waals surface area contributed by atoms with Crippen molar-refractivity contribution < 1.29 is 13.9 Å². The van der Waals surface area contributed by atoms with E-state index in [2.05, 4.69) is 20.5 Å². The van der Waals surface area contributed by atoms with Gasteiger partial charge in [-0.3, -0.25) is 14.9 Å². The first-order valence-corrected chi connectivity index (χ1v) is 7.24. The number of hydrogen-bond acceptors (Lipinski definition) is 4. The zero-order valence-electron chi connectivity index (χ0n) is 12.9. The van der Waals surface area contributed by atoms with Crippen molar-refractivity contribution in [2.45, 2.75) is 6.42 Å². The Balaban J connectivity index is 1.77. The number of amides is 1. The van der Waals surface area contributed by atoms with Gasteiger partial charge in [-0.25, -0.2) is 4.39 Å². The number of benzene rings is 1. The normalized spacial score (nSPS) is 10.4. The summed E-state index contributed by atoms with van der Waals surface area (Å²) in [5.74, 6) is -0.266. The van der Waals surface area contributed by atoms with E-state index in [0.29, 0.717) is 28.4 Å². The molecule has 0 aliphatic carbocycles. The van der Waals surface area contributed by atoms with Crippen molar-refractivity contribution in [2.75, 3.05) is 12.4 Å². The minimum atomic E-state index is -0.420. The Morgan fingerprint density at radius 3 is 2.96 bits per heavy atom. The van der Waals surface area contributed by atoms with Crippen LogP contribution in [0.15, 0.2) is 48.8 Å². The molecule has 0 bridgehead atoms. The SMILES string of the molecule is COc1ccc(F)cc1CC(=O)Nc1cn[nH]c1-c1ccccn1. The van der Waals surface area contributed by atoms with Crippen LogP contribution in [-0.2, 0) is 11.2 Å². The van der Waals surface area contributed by atoms with Gasteiger partial charge in [0.2, 0.25) is 5.91 Å². The molecule has 24 heavy (non-hydrogen) atoms. The lowest BCUT2D eigenvalue weighted by Gasteiger charge is -2.09. The fourth-order valence-corrected chi connectivity index (χ4v) is 2.34. The highest BCUT2D eigenvalue weighted by molar-refractivity contribution is 5.95. The van der Waals surface area contributed by atoms with Crippen LogP contribution in [0.2, 0.25) is 0 Å². The van der Waals surface area contributed by atoms with Crippen molar-refractivity contribution in [3.63, 3.8) is 0 Å². The predicted octanol–water partition coefficient (Wildman–Crippen LogP) is 2.80. The Morgan fingerprint density at radius 1 is 1.33 bits per heavy atom. The van der Waals surface area contributed by atoms with Gasteiger partial charge in [0, 0.05) is 11.8 Å². The van der Waals surface area contributed by atoms with Crippen LogP contribution in [0.1, 0.15) is 5.56 Å². The molecule has 0 aliphatic rings. The number of carbonyl (C=O) groups excluding carboxylic acids is 1. The molecule has 3 aromatic rings. The van der Waals surface area contributed by atoms with Gasteiger partial charge in [0.1, 0.15) is 17.3 Å². The molecule has 0 saturated carbocycles. The van der Waals surface area contributed by atoms with Crippen molar-refractivity contribution in [2.24, 2.45) is 0 Å². The highest BCUT2D eigenvalue weighted by atomic mass is 19.1. The van der Waals surface area contributed by atoms with Gasteiger partial charge in [-0.15, -0.1) is 0 Å². The van der Waals surface area contributed by atoms with Gasteiger partial charge in [-0.2, -0.15) is 5.10 Å². The van der Waals surface area contributed by atoms with E-state index in [9.17, 15) is 9.18 Å². The maximum absolute atomic E-state index is 13.4. The predicted molar refractivity (Wildman–Crippen MR) is 87.1 cm³/mol. The molecule has 0 atom stereocenters. The number of aromatic amines is 1. The molecule has 7 heteroatoms. The smallest absolute Gasteiger partial charge is 0.229 e. The fourth-order valence-electron chi connectivity index (χ4n) is 2.34. The Bertz CT molecular complexity index is 849. The van der Waals surface area contributed by atoms with Crippen LogP contribution in [0.25, 0.3) is 11.4 Å². The van der Waals surface area contributed by atoms with E-state index in [1.165, 1.54) is 31.5 Å². The van der Waals surface area contributed by atoms with E-state index in [4.69, 9.17) is 4.74 Å². The molecule has 1 amide bonds. The number of halogens is 1. The van der Waals surface area contributed by atoms with Crippen molar-refractivity contribution in [1.29, 1.82) is 0 Å². The first-order chi connectivity index (χ1) is 11.7. The molecule has 0 spiro atoms. The second-order valence-corrected chi connectivity index (χ2v) is 5.05. The van der Waals surface area contributed by atoms with Crippen molar-refractivity contribution in [1.82, 2.24) is 15.2 Å². The summed E-state index contributed by atoms with van der Waals surface area (Å²) in [7, 11) is 1.48. The van der Waals surface area contributed by atoms with Gasteiger partial charge in [-0.05, 0) is 30.3 Å². The molecule has 0 aliphatic heterocycles. The summed E-state index contributed by atoms with van der Waals surface area (Å²) in [6, 6.07) is 9.51. The first-order valence-electron chi connectivity index (χ1n) is 7.24. The number of carbonyl (C=O) groups is 1. The maximum atomic E-state index is 13.4. The molecular formula is C17H15FN4O2. The van der Waals surface area contributed by atoms with Crippen LogP contribution >= 0.6 is 0 Å². The molecule has 6 nitrogen and oxygen atoms in total. The van der Waals surface area contributed by atoms with Crippen molar-refractivity contribution in [3.8, 4) is 17.1 Å². The summed E-state index contributed by atoms with van der Waals surface area (Å²) >= 11 is 0. The number of ether oxygens (including phenoxy) is 1. The molecule has 122 valence electrons. The third kappa shape index (κ3) is 3.40. The van der Waals surface area contributed by atoms with E-state index < -0.39 is 5.82 Å². The lowest BCUT2D eigenvalue weighted by atomic mass is 10.1. The van der Waals surface area contributed by atoms with Crippen LogP contribution in [0.5, 0.6) is 5.75 Å². The number of nitrogens with one attached hydrogen (secondary N) is 2. The van der Waals surface area contributed by atoms with Gasteiger partial charge < -0.3 is 10.1 Å². The number of anilines is 1. The topological polar surface area (TPSA) is 79.9 Å². The Kier molecular flexibility index (Phi) is 4.51. The molecule has 3 rings (SSSR count). The fraction of sp³-hybridized carbons (Fsp3) is 0.118. The van der Waals surface area contributed by atoms with Crippen LogP contribution < -0.4 is 10.1 Å². The lowest BCUT2D eigenvalue weighted by Crippen LogP contribution is -2.15. The maximum Gasteiger partial charge on any atom is 0.229 e. The average Bonchev–Trinajstić information content (AvgIpc) is 3.04. The quantitative estimate of drug-likeness (QED) is 0.755. The van der Waals surface area contributed by atoms with E-state index in [-0.39, 0.29) is 12.3 Å². The number of hydrogen-bond donors (Lipinski definition) is 2. The van der Waals surface area contributed by atoms with E-state index in [1.807, 2.05) is 6.07 Å². The van der Waals surface area contributed by atoms with Crippen LogP contribution in [0.3, 0.4) is 0 Å². The zero-order valence-corrected chi connectivity index (χ0v) is 12.9. The highest BCUT2D eigenvalue weighted by Crippen LogP contribution is 2.24. The largest absolute Gasteiger partial charge is 0.496 e. The molecule has 0 fully saturated rings. The molecule has 2 heterocycles. The second-order valence-electron chi connectivity index (χ2n) is 5.05. The molecule has 2 aromatic heterocycles. The molecular weight excluding hydrogens is 311 g/mol. The minimum Gasteiger partial charge on any atom is -0.496 e. The number of methoxy groups -OCH3 is 1. The van der Waals surface area contributed by atoms with Crippen molar-refractivity contribution in [3.05, 3.63) is 60.2 Å². The molecule has 2 N–H and O–H groups in total. The number of aromatic nitrogens is 3. The molecule has 0 radical (unpaired) electrons. The number of pyridine rings is 1. The number of rotatable bonds is 5. The molecule has 0 unspecified atom stereocenters. The van der Waals surface area contributed by atoms with Crippen molar-refractivity contribution >= 4 is 11.6 Å². The third-order valence-electron chi connectivity index (χ3n) is 3.43. The Morgan fingerprint density at radius 2 is 2.21 bits per heavy atom. The number of H-pyrrole nitrogens is 1. The lowest BCUT2D eigenvalue weighted by molar-refractivity contribution is -0.115. The van der Waals surface area contributed by atoms with Gasteiger partial charge in [0.05, 0.1) is 31.1 Å². The first kappa shape index (κ1) is 15.7. The van der Waals surface area contributed by atoms with Gasteiger partial charge >= 0.3 is 0 Å². The van der Waals surface area contributed by atoms with Crippen LogP contribution in [0, 0.1) is 5.82 Å². The Hall–Kier alpha value is -3.22. The summed E-state index contributed by atoms with van der Waals surface area (Å²) in [6.07, 6.45) is 3.14.